The standard InChI is InChI=1S/C20H19N3OS/c1-22-18-7-5-13-23(14-15-9-11-16(24-2)12-10-15)20(18)21-17-6-3-4-8-19(17)25-22/h3-13H,14H2,1-2H3. The van der Waals surface area contributed by atoms with Gasteiger partial charge in [-0.05, 0) is 42.0 Å². The van der Waals surface area contributed by atoms with Gasteiger partial charge < -0.3 is 9.30 Å². The Morgan fingerprint density at radius 1 is 1.00 bits per heavy atom. The number of hydrogen-bond acceptors (Lipinski definition) is 3. The lowest BCUT2D eigenvalue weighted by atomic mass is 10.2. The number of benzene rings is 2. The van der Waals surface area contributed by atoms with Crippen LogP contribution in [0, 0.1) is 0 Å². The van der Waals surface area contributed by atoms with Gasteiger partial charge in [0.15, 0.2) is 5.82 Å². The SMILES string of the molecule is COc1ccc(Cn2cccc3n(C)sc4ccccc4nc2-3)cc1. The van der Waals surface area contributed by atoms with Crippen LogP contribution in [0.1, 0.15) is 5.56 Å². The van der Waals surface area contributed by atoms with Gasteiger partial charge >= 0.3 is 0 Å². The summed E-state index contributed by atoms with van der Waals surface area (Å²) in [4.78, 5) is 4.96. The molecule has 0 bridgehead atoms. The molecule has 4 rings (SSSR count). The summed E-state index contributed by atoms with van der Waals surface area (Å²) in [5.41, 5.74) is 3.33. The van der Waals surface area contributed by atoms with E-state index in [0.29, 0.717) is 0 Å². The highest BCUT2D eigenvalue weighted by Crippen LogP contribution is 2.25. The van der Waals surface area contributed by atoms with Gasteiger partial charge in [-0.1, -0.05) is 35.8 Å². The molecular formula is C20H19N3OS. The summed E-state index contributed by atoms with van der Waals surface area (Å²) >= 11 is 1.71. The molecule has 2 aliphatic heterocycles. The Kier molecular flexibility index (Phi) is 4.15. The molecule has 0 aliphatic carbocycles. The van der Waals surface area contributed by atoms with Crippen LogP contribution in [0.25, 0.3) is 21.7 Å². The average Bonchev–Trinajstić information content (AvgIpc) is 2.79. The van der Waals surface area contributed by atoms with Crippen molar-refractivity contribution in [1.29, 1.82) is 0 Å². The first-order valence-corrected chi connectivity index (χ1v) is 8.90. The fourth-order valence-electron chi connectivity index (χ4n) is 2.89. The third-order valence-electron chi connectivity index (χ3n) is 4.20. The Morgan fingerprint density at radius 2 is 1.80 bits per heavy atom. The minimum Gasteiger partial charge on any atom is -0.497 e. The molecule has 0 amide bonds. The summed E-state index contributed by atoms with van der Waals surface area (Å²) in [6.07, 6.45) is 2.08. The van der Waals surface area contributed by atoms with Crippen molar-refractivity contribution < 1.29 is 4.74 Å². The third-order valence-corrected chi connectivity index (χ3v) is 5.21. The quantitative estimate of drug-likeness (QED) is 0.536. The minimum atomic E-state index is 0.761. The Morgan fingerprint density at radius 3 is 2.60 bits per heavy atom. The Hall–Kier alpha value is -2.79. The molecule has 2 aromatic rings. The number of aromatic nitrogens is 3. The first kappa shape index (κ1) is 15.7. The molecule has 0 saturated carbocycles. The summed E-state index contributed by atoms with van der Waals surface area (Å²) in [5, 5.41) is 0. The molecule has 0 N–H and O–H groups in total. The second-order valence-corrected chi connectivity index (χ2v) is 7.03. The Balaban J connectivity index is 1.86. The van der Waals surface area contributed by atoms with Crippen LogP contribution in [0.15, 0.2) is 66.9 Å². The lowest BCUT2D eigenvalue weighted by Gasteiger charge is -2.14. The van der Waals surface area contributed by atoms with E-state index in [0.717, 1.165) is 34.0 Å². The smallest absolute Gasteiger partial charge is 0.158 e. The zero-order valence-corrected chi connectivity index (χ0v) is 15.0. The van der Waals surface area contributed by atoms with Crippen molar-refractivity contribution in [2.24, 2.45) is 7.05 Å². The van der Waals surface area contributed by atoms with Crippen LogP contribution >= 0.6 is 11.5 Å². The normalized spacial score (nSPS) is 11.0. The molecule has 0 saturated heterocycles. The van der Waals surface area contributed by atoms with E-state index >= 15 is 0 Å². The lowest BCUT2D eigenvalue weighted by Crippen LogP contribution is -2.08. The van der Waals surface area contributed by atoms with E-state index in [9.17, 15) is 0 Å². The molecule has 0 aromatic heterocycles. The van der Waals surface area contributed by atoms with Crippen molar-refractivity contribution in [2.75, 3.05) is 7.11 Å². The molecule has 0 radical (unpaired) electrons. The predicted octanol–water partition coefficient (Wildman–Crippen LogP) is 4.72. The molecular weight excluding hydrogens is 330 g/mol. The lowest BCUT2D eigenvalue weighted by molar-refractivity contribution is 0.414. The van der Waals surface area contributed by atoms with E-state index in [-0.39, 0.29) is 0 Å². The van der Waals surface area contributed by atoms with Gasteiger partial charge in [-0.15, -0.1) is 0 Å². The first-order valence-electron chi connectivity index (χ1n) is 8.12. The molecule has 2 aromatic carbocycles. The third kappa shape index (κ3) is 3.10. The van der Waals surface area contributed by atoms with Crippen molar-refractivity contribution in [3.8, 4) is 17.3 Å². The molecule has 0 unspecified atom stereocenters. The van der Waals surface area contributed by atoms with E-state index < -0.39 is 0 Å². The van der Waals surface area contributed by atoms with Crippen LogP contribution in [0.5, 0.6) is 5.75 Å². The van der Waals surface area contributed by atoms with Crippen LogP contribution < -0.4 is 4.74 Å². The van der Waals surface area contributed by atoms with Gasteiger partial charge in [0.25, 0.3) is 0 Å². The molecule has 126 valence electrons. The highest BCUT2D eigenvalue weighted by atomic mass is 32.1. The molecule has 4 nitrogen and oxygen atoms in total. The maximum absolute atomic E-state index is 5.24. The zero-order chi connectivity index (χ0) is 17.2. The predicted molar refractivity (Wildman–Crippen MR) is 103 cm³/mol. The van der Waals surface area contributed by atoms with E-state index in [1.165, 1.54) is 5.56 Å². The number of pyridine rings is 1. The summed E-state index contributed by atoms with van der Waals surface area (Å²) in [7, 11) is 3.77. The van der Waals surface area contributed by atoms with Crippen LogP contribution in [-0.4, -0.2) is 20.6 Å². The first-order chi connectivity index (χ1) is 12.2. The van der Waals surface area contributed by atoms with Crippen molar-refractivity contribution in [1.82, 2.24) is 13.5 Å². The second-order valence-electron chi connectivity index (χ2n) is 5.86. The summed E-state index contributed by atoms with van der Waals surface area (Å²) < 4.78 is 10.8. The highest BCUT2D eigenvalue weighted by Gasteiger charge is 2.11. The van der Waals surface area contributed by atoms with Gasteiger partial charge in [-0.2, -0.15) is 0 Å². The fraction of sp³-hybridized carbons (Fsp3) is 0.150. The average molecular weight is 349 g/mol. The zero-order valence-electron chi connectivity index (χ0n) is 14.2. The Bertz CT molecular complexity index is 1020. The molecule has 0 spiro atoms. The van der Waals surface area contributed by atoms with Crippen molar-refractivity contribution in [3.05, 3.63) is 72.4 Å². The largest absolute Gasteiger partial charge is 0.497 e. The molecule has 2 heterocycles. The van der Waals surface area contributed by atoms with Crippen LogP contribution in [0.3, 0.4) is 0 Å². The number of rotatable bonds is 3. The number of fused-ring (bicyclic) bond motifs is 2. The van der Waals surface area contributed by atoms with Gasteiger partial charge in [-0.25, -0.2) is 4.98 Å². The molecule has 2 aliphatic rings. The summed E-state index contributed by atoms with van der Waals surface area (Å²) in [5.74, 6) is 1.84. The van der Waals surface area contributed by atoms with E-state index in [1.807, 2.05) is 18.2 Å². The van der Waals surface area contributed by atoms with Gasteiger partial charge in [0, 0.05) is 19.8 Å². The van der Waals surface area contributed by atoms with Crippen LogP contribution in [-0.2, 0) is 13.6 Å². The van der Waals surface area contributed by atoms with Gasteiger partial charge in [0.05, 0.1) is 23.0 Å². The van der Waals surface area contributed by atoms with Crippen molar-refractivity contribution >= 4 is 21.7 Å². The Labute approximate surface area is 150 Å². The number of nitrogens with zero attached hydrogens (tertiary/aromatic N) is 3. The second kappa shape index (κ2) is 6.61. The van der Waals surface area contributed by atoms with Gasteiger partial charge in [0.1, 0.15) is 5.75 Å². The topological polar surface area (TPSA) is 32.0 Å². The molecule has 25 heavy (non-hydrogen) atoms. The number of ether oxygens (including phenoxy) is 1. The number of hydrogen-bond donors (Lipinski definition) is 0. The minimum absolute atomic E-state index is 0.761. The van der Waals surface area contributed by atoms with Crippen LogP contribution in [0.4, 0.5) is 0 Å². The van der Waals surface area contributed by atoms with Crippen molar-refractivity contribution in [2.45, 2.75) is 6.54 Å². The monoisotopic (exact) mass is 349 g/mol. The molecule has 0 fully saturated rings. The van der Waals surface area contributed by atoms with E-state index in [1.54, 1.807) is 18.6 Å². The maximum atomic E-state index is 5.24. The number of methoxy groups -OCH3 is 1. The van der Waals surface area contributed by atoms with Crippen LogP contribution in [0.2, 0.25) is 0 Å². The van der Waals surface area contributed by atoms with E-state index in [4.69, 9.17) is 9.72 Å². The highest BCUT2D eigenvalue weighted by molar-refractivity contribution is 7.13. The maximum Gasteiger partial charge on any atom is 0.158 e. The number of aryl methyl sites for hydroxylation is 1. The summed E-state index contributed by atoms with van der Waals surface area (Å²) in [6.45, 7) is 0.761. The van der Waals surface area contributed by atoms with Gasteiger partial charge in [-0.3, -0.25) is 3.96 Å². The summed E-state index contributed by atoms with van der Waals surface area (Å²) in [6, 6.07) is 20.6. The van der Waals surface area contributed by atoms with Gasteiger partial charge in [0.2, 0.25) is 0 Å². The molecule has 5 heteroatoms. The van der Waals surface area contributed by atoms with Crippen molar-refractivity contribution in [3.63, 3.8) is 0 Å². The van der Waals surface area contributed by atoms with E-state index in [2.05, 4.69) is 64.2 Å². The molecule has 0 atom stereocenters. The number of para-hydroxylation sites is 1. The fourth-order valence-corrected chi connectivity index (χ4v) is 3.77.